The number of hydrogen-bond acceptors (Lipinski definition) is 5. The first-order valence-electron chi connectivity index (χ1n) is 10.5. The number of benzene rings is 1. The van der Waals surface area contributed by atoms with E-state index in [2.05, 4.69) is 38.6 Å². The summed E-state index contributed by atoms with van der Waals surface area (Å²) in [5, 5.41) is 3.07. The van der Waals surface area contributed by atoms with E-state index in [-0.39, 0.29) is 5.82 Å². The van der Waals surface area contributed by atoms with Crippen molar-refractivity contribution in [3.63, 3.8) is 0 Å². The Morgan fingerprint density at radius 1 is 0.971 bits per heavy atom. The number of aliphatic imine (C=N–C) groups is 1. The van der Waals surface area contributed by atoms with E-state index in [9.17, 15) is 4.39 Å². The SMILES string of the molecule is C=Cc1cc(-c2ccnc(NCc3ccc(-c4ccnc(C)c4)nc3)c2F)ccc1N=C.CF. The highest BCUT2D eigenvalue weighted by molar-refractivity contribution is 5.75. The molecule has 3 aromatic heterocycles. The van der Waals surface area contributed by atoms with Crippen LogP contribution in [0.1, 0.15) is 16.8 Å². The highest BCUT2D eigenvalue weighted by Gasteiger charge is 2.12. The fourth-order valence-corrected chi connectivity index (χ4v) is 3.41. The van der Waals surface area contributed by atoms with Gasteiger partial charge >= 0.3 is 0 Å². The number of anilines is 1. The Kier molecular flexibility index (Phi) is 8.29. The normalized spacial score (nSPS) is 10.1. The van der Waals surface area contributed by atoms with Crippen molar-refractivity contribution >= 4 is 24.3 Å². The summed E-state index contributed by atoms with van der Waals surface area (Å²) in [5.74, 6) is -0.235. The quantitative estimate of drug-likeness (QED) is 0.309. The Balaban J connectivity index is 0.00000158. The lowest BCUT2D eigenvalue weighted by Gasteiger charge is -2.11. The van der Waals surface area contributed by atoms with Gasteiger partial charge in [-0.05, 0) is 61.2 Å². The molecule has 0 aliphatic rings. The van der Waals surface area contributed by atoms with E-state index in [4.69, 9.17) is 0 Å². The van der Waals surface area contributed by atoms with Crippen molar-refractivity contribution < 1.29 is 8.78 Å². The van der Waals surface area contributed by atoms with Gasteiger partial charge in [0.05, 0.1) is 18.6 Å². The average molecular weight is 458 g/mol. The van der Waals surface area contributed by atoms with Crippen LogP contribution in [0, 0.1) is 12.7 Å². The maximum atomic E-state index is 15.2. The molecule has 34 heavy (non-hydrogen) atoms. The van der Waals surface area contributed by atoms with Crippen LogP contribution in [-0.4, -0.2) is 28.8 Å². The van der Waals surface area contributed by atoms with Crippen molar-refractivity contribution in [2.45, 2.75) is 13.5 Å². The molecular formula is C27H25F2N5. The van der Waals surface area contributed by atoms with Crippen LogP contribution in [0.15, 0.2) is 78.7 Å². The largest absolute Gasteiger partial charge is 0.363 e. The van der Waals surface area contributed by atoms with Crippen molar-refractivity contribution in [2.75, 3.05) is 12.5 Å². The average Bonchev–Trinajstić information content (AvgIpc) is 2.89. The van der Waals surface area contributed by atoms with Gasteiger partial charge in [0.1, 0.15) is 0 Å². The fourth-order valence-electron chi connectivity index (χ4n) is 3.41. The third-order valence-electron chi connectivity index (χ3n) is 5.10. The fraction of sp³-hybridized carbons (Fsp3) is 0.111. The van der Waals surface area contributed by atoms with E-state index in [1.807, 2.05) is 43.3 Å². The molecule has 0 amide bonds. The standard InChI is InChI=1S/C26H22FN5.CH3F/c1-4-19-14-20(6-8-23(19)28-3)22-10-12-30-26(25(22)27)32-16-18-5-7-24(31-15-18)21-9-11-29-17(2)13-21;1-2/h4-15H,1,3,16H2,2H3,(H,30,32);1H3. The van der Waals surface area contributed by atoms with E-state index in [0.29, 0.717) is 30.5 Å². The Morgan fingerprint density at radius 2 is 1.76 bits per heavy atom. The highest BCUT2D eigenvalue weighted by atomic mass is 19.1. The van der Waals surface area contributed by atoms with Crippen molar-refractivity contribution in [3.05, 3.63) is 96.3 Å². The zero-order valence-electron chi connectivity index (χ0n) is 19.1. The van der Waals surface area contributed by atoms with Crippen LogP contribution in [0.2, 0.25) is 0 Å². The second-order valence-corrected chi connectivity index (χ2v) is 7.25. The molecule has 0 fully saturated rings. The lowest BCUT2D eigenvalue weighted by atomic mass is 10.0. The van der Waals surface area contributed by atoms with Crippen LogP contribution >= 0.6 is 0 Å². The smallest absolute Gasteiger partial charge is 0.173 e. The maximum Gasteiger partial charge on any atom is 0.173 e. The number of nitrogens with zero attached hydrogens (tertiary/aromatic N) is 4. The second-order valence-electron chi connectivity index (χ2n) is 7.25. The van der Waals surface area contributed by atoms with Gasteiger partial charge in [0, 0.05) is 47.5 Å². The van der Waals surface area contributed by atoms with E-state index < -0.39 is 5.82 Å². The number of alkyl halides is 1. The molecule has 0 unspecified atom stereocenters. The Bertz CT molecular complexity index is 1290. The lowest BCUT2D eigenvalue weighted by molar-refractivity contribution is 0.628. The number of rotatable bonds is 7. The minimum absolute atomic E-state index is 0.183. The molecule has 7 heteroatoms. The molecule has 4 aromatic rings. The Hall–Kier alpha value is -4.26. The molecule has 1 aromatic carbocycles. The summed E-state index contributed by atoms with van der Waals surface area (Å²) >= 11 is 0. The lowest BCUT2D eigenvalue weighted by Crippen LogP contribution is -2.05. The van der Waals surface area contributed by atoms with Crippen molar-refractivity contribution in [1.29, 1.82) is 0 Å². The van der Waals surface area contributed by atoms with Crippen LogP contribution in [0.25, 0.3) is 28.5 Å². The number of hydrogen-bond donors (Lipinski definition) is 1. The summed E-state index contributed by atoms with van der Waals surface area (Å²) in [7, 11) is 0.500. The third-order valence-corrected chi connectivity index (χ3v) is 5.10. The van der Waals surface area contributed by atoms with Gasteiger partial charge in [-0.15, -0.1) is 0 Å². The molecule has 0 aliphatic heterocycles. The van der Waals surface area contributed by atoms with Gasteiger partial charge in [0.15, 0.2) is 11.6 Å². The van der Waals surface area contributed by atoms with E-state index in [0.717, 1.165) is 28.1 Å². The predicted molar refractivity (Wildman–Crippen MR) is 135 cm³/mol. The van der Waals surface area contributed by atoms with Crippen molar-refractivity contribution in [1.82, 2.24) is 15.0 Å². The topological polar surface area (TPSA) is 63.1 Å². The molecule has 0 spiro atoms. The number of aryl methyl sites for hydroxylation is 1. The van der Waals surface area contributed by atoms with Gasteiger partial charge in [-0.2, -0.15) is 0 Å². The molecule has 0 atom stereocenters. The Morgan fingerprint density at radius 3 is 2.44 bits per heavy atom. The molecule has 0 radical (unpaired) electrons. The third kappa shape index (κ3) is 5.56. The molecule has 0 saturated carbocycles. The number of pyridine rings is 3. The number of nitrogens with one attached hydrogen (secondary N) is 1. The van der Waals surface area contributed by atoms with E-state index in [1.54, 1.807) is 36.8 Å². The minimum Gasteiger partial charge on any atom is -0.363 e. The van der Waals surface area contributed by atoms with Gasteiger partial charge in [0.25, 0.3) is 0 Å². The molecule has 172 valence electrons. The first-order chi connectivity index (χ1) is 16.6. The van der Waals surface area contributed by atoms with Crippen molar-refractivity contribution in [2.24, 2.45) is 4.99 Å². The molecule has 0 bridgehead atoms. The molecule has 1 N–H and O–H groups in total. The van der Waals surface area contributed by atoms with Crippen LogP contribution in [-0.2, 0) is 6.54 Å². The number of aromatic nitrogens is 3. The molecular weight excluding hydrogens is 432 g/mol. The van der Waals surface area contributed by atoms with Gasteiger partial charge in [-0.25, -0.2) is 9.37 Å². The maximum absolute atomic E-state index is 15.2. The summed E-state index contributed by atoms with van der Waals surface area (Å²) < 4.78 is 24.7. The number of halogens is 2. The van der Waals surface area contributed by atoms with Crippen LogP contribution in [0.4, 0.5) is 20.3 Å². The molecule has 0 aliphatic carbocycles. The zero-order chi connectivity index (χ0) is 24.5. The monoisotopic (exact) mass is 457 g/mol. The molecule has 3 heterocycles. The summed E-state index contributed by atoms with van der Waals surface area (Å²) in [6.45, 7) is 9.69. The molecule has 4 rings (SSSR count). The summed E-state index contributed by atoms with van der Waals surface area (Å²) in [6.07, 6.45) is 6.80. The first kappa shape index (κ1) is 24.4. The van der Waals surface area contributed by atoms with Gasteiger partial charge in [-0.3, -0.25) is 19.4 Å². The van der Waals surface area contributed by atoms with Gasteiger partial charge in [-0.1, -0.05) is 24.8 Å². The summed E-state index contributed by atoms with van der Waals surface area (Å²) in [4.78, 5) is 16.9. The second kappa shape index (κ2) is 11.6. The van der Waals surface area contributed by atoms with Gasteiger partial charge < -0.3 is 5.32 Å². The van der Waals surface area contributed by atoms with Crippen molar-refractivity contribution in [3.8, 4) is 22.4 Å². The minimum atomic E-state index is -0.418. The van der Waals surface area contributed by atoms with Gasteiger partial charge in [0.2, 0.25) is 0 Å². The van der Waals surface area contributed by atoms with E-state index in [1.165, 1.54) is 0 Å². The highest BCUT2D eigenvalue weighted by Crippen LogP contribution is 2.31. The van der Waals surface area contributed by atoms with Crippen LogP contribution < -0.4 is 5.32 Å². The molecule has 5 nitrogen and oxygen atoms in total. The van der Waals surface area contributed by atoms with Crippen LogP contribution in [0.5, 0.6) is 0 Å². The Labute approximate surface area is 198 Å². The summed E-state index contributed by atoms with van der Waals surface area (Å²) in [5.41, 5.74) is 6.38. The zero-order valence-corrected chi connectivity index (χ0v) is 19.1. The summed E-state index contributed by atoms with van der Waals surface area (Å²) in [6, 6.07) is 14.9. The van der Waals surface area contributed by atoms with E-state index >= 15 is 4.39 Å². The first-order valence-corrected chi connectivity index (χ1v) is 10.5. The predicted octanol–water partition coefficient (Wildman–Crippen LogP) is 6.83. The van der Waals surface area contributed by atoms with Crippen LogP contribution in [0.3, 0.4) is 0 Å². The molecule has 0 saturated heterocycles.